The van der Waals surface area contributed by atoms with Crippen LogP contribution in [0.25, 0.3) is 10.9 Å². The Balaban J connectivity index is 2.09. The van der Waals surface area contributed by atoms with Crippen molar-refractivity contribution in [3.63, 3.8) is 0 Å². The maximum atomic E-state index is 5.71. The molecular weight excluding hydrogens is 266 g/mol. The molecule has 3 N–H and O–H groups in total. The quantitative estimate of drug-likeness (QED) is 0.607. The van der Waals surface area contributed by atoms with Crippen LogP contribution in [0.2, 0.25) is 0 Å². The molecule has 0 fully saturated rings. The van der Waals surface area contributed by atoms with Gasteiger partial charge >= 0.3 is 0 Å². The van der Waals surface area contributed by atoms with Gasteiger partial charge in [0.05, 0.1) is 5.52 Å². The van der Waals surface area contributed by atoms with Crippen LogP contribution >= 0.6 is 11.8 Å². The number of hydrogen-bond donors (Lipinski definition) is 2. The fourth-order valence-electron chi connectivity index (χ4n) is 2.16. The van der Waals surface area contributed by atoms with Crippen LogP contribution in [0.4, 0.5) is 0 Å². The summed E-state index contributed by atoms with van der Waals surface area (Å²) < 4.78 is 0. The van der Waals surface area contributed by atoms with Crippen molar-refractivity contribution in [1.29, 1.82) is 0 Å². The van der Waals surface area contributed by atoms with E-state index in [1.54, 1.807) is 0 Å². The summed E-state index contributed by atoms with van der Waals surface area (Å²) in [6.45, 7) is 4.49. The Labute approximate surface area is 125 Å². The summed E-state index contributed by atoms with van der Waals surface area (Å²) in [5, 5.41) is 1.91. The highest BCUT2D eigenvalue weighted by Crippen LogP contribution is 2.20. The van der Waals surface area contributed by atoms with E-state index in [4.69, 9.17) is 5.84 Å². The number of thioether (sulfide) groups is 1. The van der Waals surface area contributed by atoms with E-state index in [0.29, 0.717) is 11.3 Å². The molecule has 0 radical (unpaired) electrons. The molecule has 2 unspecified atom stereocenters. The van der Waals surface area contributed by atoms with E-state index in [2.05, 4.69) is 48.5 Å². The van der Waals surface area contributed by atoms with Crippen LogP contribution in [-0.2, 0) is 6.42 Å². The van der Waals surface area contributed by atoms with Gasteiger partial charge in [0, 0.05) is 28.6 Å². The Morgan fingerprint density at radius 1 is 1.30 bits per heavy atom. The SMILES string of the molecule is CCC(C)SCC(Cc1ccnc2ccccc12)NN. The summed E-state index contributed by atoms with van der Waals surface area (Å²) in [6.07, 6.45) is 4.01. The third-order valence-corrected chi connectivity index (χ3v) is 5.10. The molecule has 20 heavy (non-hydrogen) atoms. The van der Waals surface area contributed by atoms with E-state index < -0.39 is 0 Å². The number of para-hydroxylation sites is 1. The average molecular weight is 289 g/mol. The van der Waals surface area contributed by atoms with Crippen molar-refractivity contribution in [3.8, 4) is 0 Å². The van der Waals surface area contributed by atoms with E-state index in [1.807, 2.05) is 24.0 Å². The zero-order valence-corrected chi connectivity index (χ0v) is 13.0. The number of hydrogen-bond acceptors (Lipinski definition) is 4. The molecule has 3 nitrogen and oxygen atoms in total. The van der Waals surface area contributed by atoms with Crippen molar-refractivity contribution in [2.24, 2.45) is 5.84 Å². The van der Waals surface area contributed by atoms with E-state index in [1.165, 1.54) is 17.4 Å². The second-order valence-electron chi connectivity index (χ2n) is 5.11. The lowest BCUT2D eigenvalue weighted by Gasteiger charge is -2.18. The minimum absolute atomic E-state index is 0.291. The highest BCUT2D eigenvalue weighted by molar-refractivity contribution is 7.99. The molecule has 0 saturated carbocycles. The van der Waals surface area contributed by atoms with E-state index in [-0.39, 0.29) is 0 Å². The summed E-state index contributed by atoms with van der Waals surface area (Å²) in [5.41, 5.74) is 5.31. The number of nitrogens with two attached hydrogens (primary N) is 1. The first kappa shape index (κ1) is 15.3. The van der Waals surface area contributed by atoms with Crippen LogP contribution in [0.1, 0.15) is 25.8 Å². The van der Waals surface area contributed by atoms with Gasteiger partial charge in [-0.15, -0.1) is 0 Å². The summed E-state index contributed by atoms with van der Waals surface area (Å²) in [6, 6.07) is 10.7. The molecule has 0 aliphatic rings. The minimum atomic E-state index is 0.291. The molecule has 0 amide bonds. The summed E-state index contributed by atoms with van der Waals surface area (Å²) in [4.78, 5) is 4.41. The van der Waals surface area contributed by atoms with Crippen molar-refractivity contribution in [3.05, 3.63) is 42.1 Å². The zero-order chi connectivity index (χ0) is 14.4. The van der Waals surface area contributed by atoms with Gasteiger partial charge in [-0.05, 0) is 30.5 Å². The zero-order valence-electron chi connectivity index (χ0n) is 12.2. The maximum absolute atomic E-state index is 5.71. The lowest BCUT2D eigenvalue weighted by Crippen LogP contribution is -2.39. The number of nitrogens with one attached hydrogen (secondary N) is 1. The Morgan fingerprint density at radius 2 is 2.10 bits per heavy atom. The Bertz CT molecular complexity index is 539. The molecule has 2 aromatic rings. The third-order valence-electron chi connectivity index (χ3n) is 3.60. The van der Waals surface area contributed by atoms with Crippen LogP contribution in [0.3, 0.4) is 0 Å². The molecule has 108 valence electrons. The number of benzene rings is 1. The van der Waals surface area contributed by atoms with Gasteiger partial charge in [0.2, 0.25) is 0 Å². The first-order valence-corrected chi connectivity index (χ1v) is 8.19. The van der Waals surface area contributed by atoms with Gasteiger partial charge in [0.15, 0.2) is 0 Å². The molecule has 1 aromatic carbocycles. The average Bonchev–Trinajstić information content (AvgIpc) is 2.51. The highest BCUT2D eigenvalue weighted by atomic mass is 32.2. The topological polar surface area (TPSA) is 50.9 Å². The first-order chi connectivity index (χ1) is 9.74. The molecule has 2 rings (SSSR count). The van der Waals surface area contributed by atoms with Crippen molar-refractivity contribution in [2.75, 3.05) is 5.75 Å². The lowest BCUT2D eigenvalue weighted by atomic mass is 10.0. The van der Waals surface area contributed by atoms with Crippen LogP contribution in [0.5, 0.6) is 0 Å². The summed E-state index contributed by atoms with van der Waals surface area (Å²) >= 11 is 1.98. The van der Waals surface area contributed by atoms with Gasteiger partial charge < -0.3 is 0 Å². The number of nitrogens with zero attached hydrogens (tertiary/aromatic N) is 1. The van der Waals surface area contributed by atoms with Crippen LogP contribution in [0, 0.1) is 0 Å². The van der Waals surface area contributed by atoms with E-state index in [0.717, 1.165) is 17.7 Å². The highest BCUT2D eigenvalue weighted by Gasteiger charge is 2.12. The normalized spacial score (nSPS) is 14.3. The number of hydrazine groups is 1. The predicted octanol–water partition coefficient (Wildman–Crippen LogP) is 3.14. The van der Waals surface area contributed by atoms with Gasteiger partial charge in [-0.1, -0.05) is 32.0 Å². The maximum Gasteiger partial charge on any atom is 0.0704 e. The van der Waals surface area contributed by atoms with E-state index >= 15 is 0 Å². The van der Waals surface area contributed by atoms with Crippen LogP contribution in [0.15, 0.2) is 36.5 Å². The van der Waals surface area contributed by atoms with Gasteiger partial charge in [-0.2, -0.15) is 11.8 Å². The molecule has 0 saturated heterocycles. The lowest BCUT2D eigenvalue weighted by molar-refractivity contribution is 0.576. The molecule has 1 aromatic heterocycles. The third kappa shape index (κ3) is 3.95. The summed E-state index contributed by atoms with van der Waals surface area (Å²) in [7, 11) is 0. The van der Waals surface area contributed by atoms with Crippen LogP contribution < -0.4 is 11.3 Å². The van der Waals surface area contributed by atoms with Gasteiger partial charge in [-0.3, -0.25) is 16.3 Å². The van der Waals surface area contributed by atoms with Crippen molar-refractivity contribution < 1.29 is 0 Å². The van der Waals surface area contributed by atoms with Crippen molar-refractivity contribution in [1.82, 2.24) is 10.4 Å². The minimum Gasteiger partial charge on any atom is -0.271 e. The van der Waals surface area contributed by atoms with Gasteiger partial charge in [-0.25, -0.2) is 0 Å². The smallest absolute Gasteiger partial charge is 0.0704 e. The van der Waals surface area contributed by atoms with Gasteiger partial charge in [0.1, 0.15) is 0 Å². The molecular formula is C16H23N3S. The van der Waals surface area contributed by atoms with E-state index in [9.17, 15) is 0 Å². The molecule has 0 spiro atoms. The Morgan fingerprint density at radius 3 is 2.85 bits per heavy atom. The molecule has 0 bridgehead atoms. The number of rotatable bonds is 7. The second-order valence-corrected chi connectivity index (χ2v) is 6.58. The fourth-order valence-corrected chi connectivity index (χ4v) is 3.17. The van der Waals surface area contributed by atoms with Crippen molar-refractivity contribution >= 4 is 22.7 Å². The predicted molar refractivity (Wildman–Crippen MR) is 88.8 cm³/mol. The number of pyridine rings is 1. The van der Waals surface area contributed by atoms with Crippen LogP contribution in [-0.4, -0.2) is 22.0 Å². The first-order valence-electron chi connectivity index (χ1n) is 7.15. The molecule has 2 atom stereocenters. The molecule has 0 aliphatic heterocycles. The Hall–Kier alpha value is -1.10. The number of fused-ring (bicyclic) bond motifs is 1. The molecule has 4 heteroatoms. The molecule has 0 aliphatic carbocycles. The van der Waals surface area contributed by atoms with Crippen molar-refractivity contribution in [2.45, 2.75) is 38.0 Å². The standard InChI is InChI=1S/C16H23N3S/c1-3-12(2)20-11-14(19-17)10-13-8-9-18-16-7-5-4-6-15(13)16/h4-9,12,14,19H,3,10-11,17H2,1-2H3. The largest absolute Gasteiger partial charge is 0.271 e. The number of aromatic nitrogens is 1. The fraction of sp³-hybridized carbons (Fsp3) is 0.438. The second kappa shape index (κ2) is 7.62. The Kier molecular flexibility index (Phi) is 5.83. The monoisotopic (exact) mass is 289 g/mol. The molecule has 1 heterocycles. The summed E-state index contributed by atoms with van der Waals surface area (Å²) in [5.74, 6) is 6.74. The van der Waals surface area contributed by atoms with Gasteiger partial charge in [0.25, 0.3) is 0 Å².